The Kier molecular flexibility index (Phi) is 2.35. The Balaban J connectivity index is 1.76. The second kappa shape index (κ2) is 3.68. The van der Waals surface area contributed by atoms with E-state index in [1.54, 1.807) is 0 Å². The van der Waals surface area contributed by atoms with Gasteiger partial charge in [0, 0.05) is 0 Å². The molecular formula is C13H14FNO3. The minimum Gasteiger partial charge on any atom is -0.507 e. The number of carbonyl (C=O) groups is 1. The van der Waals surface area contributed by atoms with Gasteiger partial charge in [0.15, 0.2) is 0 Å². The van der Waals surface area contributed by atoms with Crippen molar-refractivity contribution < 1.29 is 19.4 Å². The van der Waals surface area contributed by atoms with Crippen LogP contribution < -0.4 is 0 Å². The number of amides is 1. The largest absolute Gasteiger partial charge is 0.507 e. The molecule has 1 heterocycles. The molecule has 0 aromatic heterocycles. The highest BCUT2D eigenvalue weighted by Gasteiger charge is 2.53. The third kappa shape index (κ3) is 1.66. The second-order valence-corrected chi connectivity index (χ2v) is 5.17. The molecule has 1 aliphatic carbocycles. The van der Waals surface area contributed by atoms with Gasteiger partial charge >= 0.3 is 0 Å². The molecule has 3 rings (SSSR count). The van der Waals surface area contributed by atoms with Gasteiger partial charge in [0.2, 0.25) is 0 Å². The van der Waals surface area contributed by atoms with Gasteiger partial charge in [-0.25, -0.2) is 4.39 Å². The third-order valence-corrected chi connectivity index (χ3v) is 3.76. The van der Waals surface area contributed by atoms with Crippen molar-refractivity contribution in [3.05, 3.63) is 29.6 Å². The van der Waals surface area contributed by atoms with E-state index in [2.05, 4.69) is 0 Å². The van der Waals surface area contributed by atoms with Crippen LogP contribution >= 0.6 is 0 Å². The molecular weight excluding hydrogens is 237 g/mol. The molecule has 4 nitrogen and oxygen atoms in total. The monoisotopic (exact) mass is 251 g/mol. The first-order chi connectivity index (χ1) is 8.51. The van der Waals surface area contributed by atoms with Crippen LogP contribution in [0.25, 0.3) is 0 Å². The van der Waals surface area contributed by atoms with Crippen LogP contribution in [0.2, 0.25) is 0 Å². The van der Waals surface area contributed by atoms with E-state index in [-0.39, 0.29) is 30.3 Å². The molecule has 0 bridgehead atoms. The summed E-state index contributed by atoms with van der Waals surface area (Å²) in [5.41, 5.74) is -1.10. The summed E-state index contributed by atoms with van der Waals surface area (Å²) in [5.74, 6) is -1.38. The van der Waals surface area contributed by atoms with Gasteiger partial charge in [-0.2, -0.15) is 0 Å². The number of aliphatic hydroxyl groups is 1. The van der Waals surface area contributed by atoms with Crippen molar-refractivity contribution in [3.8, 4) is 5.75 Å². The number of β-amino-alcohol motifs (C(OH)–C–C–N with tert-alkyl or cyclic N) is 1. The van der Waals surface area contributed by atoms with E-state index in [0.29, 0.717) is 0 Å². The molecule has 1 aromatic carbocycles. The third-order valence-electron chi connectivity index (χ3n) is 3.76. The number of phenolic OH excluding ortho intramolecular Hbond substituents is 1. The molecule has 0 atom stereocenters. The molecule has 18 heavy (non-hydrogen) atoms. The Bertz CT molecular complexity index is 487. The van der Waals surface area contributed by atoms with Crippen molar-refractivity contribution in [2.45, 2.75) is 18.4 Å². The molecule has 1 aliphatic heterocycles. The average Bonchev–Trinajstić information content (AvgIpc) is 3.08. The first-order valence-corrected chi connectivity index (χ1v) is 6.00. The summed E-state index contributed by atoms with van der Waals surface area (Å²) in [6.07, 6.45) is 1.98. The van der Waals surface area contributed by atoms with Crippen molar-refractivity contribution in [2.24, 2.45) is 5.92 Å². The van der Waals surface area contributed by atoms with E-state index in [0.717, 1.165) is 18.9 Å². The Morgan fingerprint density at radius 3 is 2.61 bits per heavy atom. The van der Waals surface area contributed by atoms with Crippen molar-refractivity contribution in [1.82, 2.24) is 4.90 Å². The maximum absolute atomic E-state index is 13.5. The van der Waals surface area contributed by atoms with Crippen molar-refractivity contribution >= 4 is 5.91 Å². The van der Waals surface area contributed by atoms with Crippen LogP contribution in [-0.4, -0.2) is 39.7 Å². The average molecular weight is 251 g/mol. The van der Waals surface area contributed by atoms with E-state index in [1.165, 1.54) is 17.0 Å². The van der Waals surface area contributed by atoms with Crippen LogP contribution in [0.4, 0.5) is 4.39 Å². The maximum Gasteiger partial charge on any atom is 0.260 e. The fraction of sp³-hybridized carbons (Fsp3) is 0.462. The minimum absolute atomic E-state index is 0.226. The zero-order valence-electron chi connectivity index (χ0n) is 9.77. The quantitative estimate of drug-likeness (QED) is 0.828. The summed E-state index contributed by atoms with van der Waals surface area (Å²) in [7, 11) is 0. The highest BCUT2D eigenvalue weighted by atomic mass is 19.1. The zero-order chi connectivity index (χ0) is 12.9. The number of benzene rings is 1. The van der Waals surface area contributed by atoms with Crippen LogP contribution in [0.1, 0.15) is 23.2 Å². The highest BCUT2D eigenvalue weighted by Crippen LogP contribution is 2.45. The van der Waals surface area contributed by atoms with Crippen LogP contribution in [0.3, 0.4) is 0 Å². The summed E-state index contributed by atoms with van der Waals surface area (Å²) >= 11 is 0. The normalized spacial score (nSPS) is 21.6. The molecule has 0 radical (unpaired) electrons. The van der Waals surface area contributed by atoms with Gasteiger partial charge in [0.25, 0.3) is 5.91 Å². The predicted octanol–water partition coefficient (Wildman–Crippen LogP) is 1.13. The molecule has 2 aliphatic rings. The number of phenols is 1. The molecule has 0 unspecified atom stereocenters. The molecule has 2 N–H and O–H groups in total. The molecule has 0 spiro atoms. The summed E-state index contributed by atoms with van der Waals surface area (Å²) in [6, 6.07) is 3.76. The van der Waals surface area contributed by atoms with Crippen LogP contribution in [-0.2, 0) is 0 Å². The maximum atomic E-state index is 13.5. The van der Waals surface area contributed by atoms with Gasteiger partial charge in [0.1, 0.15) is 22.7 Å². The Hall–Kier alpha value is -1.62. The molecule has 1 saturated heterocycles. The van der Waals surface area contributed by atoms with Gasteiger partial charge < -0.3 is 15.1 Å². The summed E-state index contributed by atoms with van der Waals surface area (Å²) in [4.78, 5) is 13.4. The van der Waals surface area contributed by atoms with Gasteiger partial charge in [-0.15, -0.1) is 0 Å². The van der Waals surface area contributed by atoms with E-state index < -0.39 is 17.3 Å². The highest BCUT2D eigenvalue weighted by molar-refractivity contribution is 5.97. The first kappa shape index (κ1) is 11.5. The summed E-state index contributed by atoms with van der Waals surface area (Å²) in [6.45, 7) is 0.453. The van der Waals surface area contributed by atoms with Crippen molar-refractivity contribution in [2.75, 3.05) is 13.1 Å². The fourth-order valence-corrected chi connectivity index (χ4v) is 2.52. The lowest BCUT2D eigenvalue weighted by atomic mass is 9.88. The second-order valence-electron chi connectivity index (χ2n) is 5.17. The standard InChI is InChI=1S/C13H14FNO3/c14-9-2-1-3-10(16)11(9)12(17)15-6-13(18,7-15)8-4-5-8/h1-3,8,16,18H,4-7H2. The van der Waals surface area contributed by atoms with Crippen LogP contribution in [0.15, 0.2) is 18.2 Å². The molecule has 1 amide bonds. The van der Waals surface area contributed by atoms with E-state index in [4.69, 9.17) is 0 Å². The molecule has 5 heteroatoms. The summed E-state index contributed by atoms with van der Waals surface area (Å²) < 4.78 is 13.5. The number of nitrogens with zero attached hydrogens (tertiary/aromatic N) is 1. The fourth-order valence-electron chi connectivity index (χ4n) is 2.52. The number of halogens is 1. The predicted molar refractivity (Wildman–Crippen MR) is 61.6 cm³/mol. The van der Waals surface area contributed by atoms with Crippen molar-refractivity contribution in [1.29, 1.82) is 0 Å². The van der Waals surface area contributed by atoms with Gasteiger partial charge in [-0.1, -0.05) is 6.07 Å². The van der Waals surface area contributed by atoms with Gasteiger partial charge in [-0.3, -0.25) is 4.79 Å². The zero-order valence-corrected chi connectivity index (χ0v) is 9.77. The Morgan fingerprint density at radius 1 is 1.39 bits per heavy atom. The molecule has 1 aromatic rings. The SMILES string of the molecule is O=C(c1c(O)cccc1F)N1CC(O)(C2CC2)C1. The lowest BCUT2D eigenvalue weighted by Crippen LogP contribution is -2.64. The topological polar surface area (TPSA) is 60.8 Å². The molecule has 1 saturated carbocycles. The van der Waals surface area contributed by atoms with E-state index in [9.17, 15) is 19.4 Å². The van der Waals surface area contributed by atoms with Crippen molar-refractivity contribution in [3.63, 3.8) is 0 Å². The number of hydrogen-bond donors (Lipinski definition) is 2. The number of hydrogen-bond acceptors (Lipinski definition) is 3. The lowest BCUT2D eigenvalue weighted by molar-refractivity contribution is -0.0959. The summed E-state index contributed by atoms with van der Waals surface area (Å²) in [5, 5.41) is 19.6. The minimum atomic E-state index is -0.795. The number of rotatable bonds is 2. The number of carbonyl (C=O) groups excluding carboxylic acids is 1. The van der Waals surface area contributed by atoms with E-state index >= 15 is 0 Å². The van der Waals surface area contributed by atoms with Gasteiger partial charge in [0.05, 0.1) is 13.1 Å². The first-order valence-electron chi connectivity index (χ1n) is 6.00. The number of aromatic hydroxyl groups is 1. The Morgan fingerprint density at radius 2 is 2.06 bits per heavy atom. The van der Waals surface area contributed by atoms with E-state index in [1.807, 2.05) is 0 Å². The number of likely N-dealkylation sites (tertiary alicyclic amines) is 1. The molecule has 2 fully saturated rings. The molecule has 96 valence electrons. The lowest BCUT2D eigenvalue weighted by Gasteiger charge is -2.47. The Labute approximate surface area is 104 Å². The smallest absolute Gasteiger partial charge is 0.260 e. The van der Waals surface area contributed by atoms with Crippen LogP contribution in [0, 0.1) is 11.7 Å². The van der Waals surface area contributed by atoms with Crippen LogP contribution in [0.5, 0.6) is 5.75 Å². The van der Waals surface area contributed by atoms with Gasteiger partial charge in [-0.05, 0) is 30.9 Å².